The van der Waals surface area contributed by atoms with E-state index in [2.05, 4.69) is 114 Å². The molecule has 45 heavy (non-hydrogen) atoms. The van der Waals surface area contributed by atoms with Crippen LogP contribution in [0.5, 0.6) is 0 Å². The number of hydrogen-bond donors (Lipinski definition) is 0. The van der Waals surface area contributed by atoms with Gasteiger partial charge in [0.2, 0.25) is 0 Å². The Balaban J connectivity index is 0.000000181. The molecule has 3 aromatic heterocycles. The van der Waals surface area contributed by atoms with Crippen molar-refractivity contribution in [2.24, 2.45) is 0 Å². The molecule has 4 aromatic carbocycles. The molecule has 0 unspecified atom stereocenters. The molecule has 0 fully saturated rings. The summed E-state index contributed by atoms with van der Waals surface area (Å²) in [6.07, 6.45) is 3.91. The maximum Gasteiger partial charge on any atom is 0.120 e. The van der Waals surface area contributed by atoms with Crippen LogP contribution in [-0.2, 0) is 20.1 Å². The first-order valence-corrected chi connectivity index (χ1v) is 22.4. The van der Waals surface area contributed by atoms with Gasteiger partial charge in [0.15, 0.2) is 0 Å². The number of fused-ring (bicyclic) bond motifs is 3. The van der Waals surface area contributed by atoms with E-state index in [1.807, 2.05) is 54.6 Å². The van der Waals surface area contributed by atoms with E-state index in [0.29, 0.717) is 5.92 Å². The predicted octanol–water partition coefficient (Wildman–Crippen LogP) is 10.3. The summed E-state index contributed by atoms with van der Waals surface area (Å²) in [6.45, 7) is 4.54. The monoisotopic (exact) mass is 827 g/mol. The molecule has 0 spiro atoms. The van der Waals surface area contributed by atoms with Crippen LogP contribution in [0, 0.1) is 12.1 Å². The van der Waals surface area contributed by atoms with Crippen molar-refractivity contribution in [1.82, 2.24) is 9.97 Å². The Hall–Kier alpha value is -3.83. The zero-order valence-electron chi connectivity index (χ0n) is 26.3. The largest absolute Gasteiger partial charge is 0.501 e. The Morgan fingerprint density at radius 3 is 2.16 bits per heavy atom. The van der Waals surface area contributed by atoms with Gasteiger partial charge >= 0.3 is 119 Å². The first-order valence-electron chi connectivity index (χ1n) is 15.1. The minimum absolute atomic E-state index is 0. The van der Waals surface area contributed by atoms with Crippen molar-refractivity contribution in [2.75, 3.05) is 0 Å². The molecule has 0 bridgehead atoms. The molecule has 0 atom stereocenters. The van der Waals surface area contributed by atoms with Crippen molar-refractivity contribution in [3.8, 4) is 33.6 Å². The second-order valence-electron chi connectivity index (χ2n) is 12.3. The van der Waals surface area contributed by atoms with Crippen molar-refractivity contribution in [2.45, 2.75) is 37.0 Å². The Kier molecular flexibility index (Phi) is 10.2. The summed E-state index contributed by atoms with van der Waals surface area (Å²) in [5.74, 6) is 7.83. The molecular weight excluding hydrogens is 789 g/mol. The van der Waals surface area contributed by atoms with E-state index >= 15 is 0 Å². The number of rotatable bonds is 5. The minimum atomic E-state index is -1.85. The smallest absolute Gasteiger partial charge is 0.120 e. The van der Waals surface area contributed by atoms with Gasteiger partial charge in [0.25, 0.3) is 0 Å². The molecule has 0 aliphatic heterocycles. The maximum atomic E-state index is 6.16. The first-order chi connectivity index (χ1) is 21.3. The first kappa shape index (κ1) is 32.6. The molecule has 0 aliphatic rings. The minimum Gasteiger partial charge on any atom is -0.501 e. The third kappa shape index (κ3) is 7.20. The average Bonchev–Trinajstić information content (AvgIpc) is 3.44. The fraction of sp³-hybridized carbons (Fsp3) is 0.150. The van der Waals surface area contributed by atoms with Crippen LogP contribution >= 0.6 is 0 Å². The zero-order valence-corrected chi connectivity index (χ0v) is 30.8. The van der Waals surface area contributed by atoms with Gasteiger partial charge in [0.1, 0.15) is 5.58 Å². The SMILES string of the molecule is CC(C)c1cc(-c2[c-]cccc2)nc[c]1[Ge]([CH3])([CH3])[CH3].[Ir].[c-]1ccc2c(oc3ccc(-c4ccccc4)cc32)c1-c1ccccn1. The van der Waals surface area contributed by atoms with Crippen LogP contribution in [0.15, 0.2) is 126 Å². The number of aromatic nitrogens is 2. The van der Waals surface area contributed by atoms with Crippen molar-refractivity contribution >= 4 is 39.6 Å². The molecule has 0 amide bonds. The Bertz CT molecular complexity index is 2020. The van der Waals surface area contributed by atoms with Gasteiger partial charge in [0.05, 0.1) is 5.58 Å². The molecule has 7 rings (SSSR count). The van der Waals surface area contributed by atoms with Crippen molar-refractivity contribution in [3.63, 3.8) is 0 Å². The van der Waals surface area contributed by atoms with E-state index in [1.54, 1.807) is 6.20 Å². The van der Waals surface area contributed by atoms with E-state index < -0.39 is 13.3 Å². The van der Waals surface area contributed by atoms with Crippen LogP contribution in [0.4, 0.5) is 0 Å². The van der Waals surface area contributed by atoms with Gasteiger partial charge in [-0.2, -0.15) is 0 Å². The van der Waals surface area contributed by atoms with Crippen LogP contribution < -0.4 is 4.40 Å². The standard InChI is InChI=1S/C23H14NO.C17H22GeN.Ir/c1-2-7-16(8-3-1)17-12-13-22-20(15-17)18-9-6-10-19(23(18)25-22)21-11-4-5-14-24-21;1-13(2)15-11-17(14-9-7-6-8-10-14)19-12-16(15)18(3,4)5;/h1-9,11-15H;6-9,11-13H,1-5H3;/q2*-1;. The van der Waals surface area contributed by atoms with Crippen molar-refractivity contribution in [3.05, 3.63) is 139 Å². The van der Waals surface area contributed by atoms with Gasteiger partial charge in [-0.15, -0.1) is 18.2 Å². The number of benzene rings is 4. The summed E-state index contributed by atoms with van der Waals surface area (Å²) >= 11 is -1.85. The van der Waals surface area contributed by atoms with Crippen molar-refractivity contribution in [1.29, 1.82) is 0 Å². The number of nitrogens with zero attached hydrogens (tertiary/aromatic N) is 2. The van der Waals surface area contributed by atoms with E-state index in [1.165, 1.54) is 21.1 Å². The zero-order chi connectivity index (χ0) is 30.7. The molecule has 0 saturated heterocycles. The Labute approximate surface area is 282 Å². The summed E-state index contributed by atoms with van der Waals surface area (Å²) in [5.41, 5.74) is 9.46. The molecule has 0 N–H and O–H groups in total. The number of hydrogen-bond acceptors (Lipinski definition) is 3. The topological polar surface area (TPSA) is 38.9 Å². The molecule has 3 nitrogen and oxygen atoms in total. The average molecular weight is 826 g/mol. The third-order valence-electron chi connectivity index (χ3n) is 7.81. The van der Waals surface area contributed by atoms with Crippen LogP contribution in [0.25, 0.3) is 55.6 Å². The second kappa shape index (κ2) is 14.1. The van der Waals surface area contributed by atoms with E-state index in [4.69, 9.17) is 4.42 Å². The summed E-state index contributed by atoms with van der Waals surface area (Å²) in [5, 5.41) is 2.20. The summed E-state index contributed by atoms with van der Waals surface area (Å²) < 4.78 is 7.68. The Morgan fingerprint density at radius 1 is 0.689 bits per heavy atom. The molecular formula is C40H36GeIrN2O-2. The van der Waals surface area contributed by atoms with Gasteiger partial charge in [-0.05, 0) is 35.0 Å². The summed E-state index contributed by atoms with van der Waals surface area (Å²) in [6, 6.07) is 43.5. The maximum absolute atomic E-state index is 6.16. The van der Waals surface area contributed by atoms with E-state index in [-0.39, 0.29) is 20.1 Å². The van der Waals surface area contributed by atoms with Gasteiger partial charge in [-0.25, -0.2) is 0 Å². The van der Waals surface area contributed by atoms with Gasteiger partial charge < -0.3 is 9.40 Å². The van der Waals surface area contributed by atoms with Crippen LogP contribution in [0.1, 0.15) is 25.3 Å². The molecule has 0 saturated carbocycles. The van der Waals surface area contributed by atoms with Crippen LogP contribution in [0.2, 0.25) is 17.3 Å². The van der Waals surface area contributed by atoms with E-state index in [9.17, 15) is 0 Å². The summed E-state index contributed by atoms with van der Waals surface area (Å²) in [4.78, 5) is 9.12. The number of furan rings is 1. The molecule has 227 valence electrons. The normalized spacial score (nSPS) is 11.2. The van der Waals surface area contributed by atoms with Gasteiger partial charge in [-0.1, -0.05) is 59.5 Å². The Morgan fingerprint density at radius 2 is 1.47 bits per heavy atom. The van der Waals surface area contributed by atoms with Gasteiger partial charge in [0, 0.05) is 31.7 Å². The molecule has 0 aliphatic carbocycles. The summed E-state index contributed by atoms with van der Waals surface area (Å²) in [7, 11) is 0. The molecule has 1 radical (unpaired) electrons. The van der Waals surface area contributed by atoms with Crippen LogP contribution in [-0.4, -0.2) is 23.2 Å². The predicted molar refractivity (Wildman–Crippen MR) is 187 cm³/mol. The fourth-order valence-electron chi connectivity index (χ4n) is 5.53. The van der Waals surface area contributed by atoms with Crippen molar-refractivity contribution < 1.29 is 24.5 Å². The molecule has 5 heteroatoms. The van der Waals surface area contributed by atoms with Gasteiger partial charge in [-0.3, -0.25) is 0 Å². The number of pyridine rings is 2. The molecule has 3 heterocycles. The van der Waals surface area contributed by atoms with E-state index in [0.717, 1.165) is 44.5 Å². The van der Waals surface area contributed by atoms with Crippen LogP contribution in [0.3, 0.4) is 0 Å². The third-order valence-corrected chi connectivity index (χ3v) is 12.1. The quantitative estimate of drug-likeness (QED) is 0.128. The molecule has 7 aromatic rings. The second-order valence-corrected chi connectivity index (χ2v) is 22.9. The fourth-order valence-corrected chi connectivity index (χ4v) is 9.05.